The van der Waals surface area contributed by atoms with Crippen molar-refractivity contribution in [3.8, 4) is 0 Å². The van der Waals surface area contributed by atoms with Crippen LogP contribution < -0.4 is 11.1 Å². The molecule has 2 rings (SSSR count). The fourth-order valence-corrected chi connectivity index (χ4v) is 2.47. The van der Waals surface area contributed by atoms with E-state index in [2.05, 4.69) is 22.5 Å². The largest absolute Gasteiger partial charge is 0.417 e. The molecule has 106 valence electrons. The van der Waals surface area contributed by atoms with Gasteiger partial charge in [-0.25, -0.2) is 4.98 Å². The molecule has 0 saturated heterocycles. The van der Waals surface area contributed by atoms with Crippen LogP contribution in [0.1, 0.15) is 16.0 Å². The molecule has 0 fully saturated rings. The third-order valence-electron chi connectivity index (χ3n) is 2.46. The highest BCUT2D eigenvalue weighted by molar-refractivity contribution is 7.80. The number of aromatic nitrogens is 1. The number of benzene rings is 1. The molecule has 8 heteroatoms. The maximum Gasteiger partial charge on any atom is 0.417 e. The third-order valence-corrected chi connectivity index (χ3v) is 3.51. The molecule has 0 atom stereocenters. The Balaban J connectivity index is 2.39. The molecular formula is C12H10F3N3S2. The van der Waals surface area contributed by atoms with Crippen LogP contribution in [0.5, 0.6) is 0 Å². The molecule has 1 aromatic carbocycles. The van der Waals surface area contributed by atoms with Gasteiger partial charge in [-0.2, -0.15) is 13.2 Å². The number of alkyl halides is 3. The second-order valence-corrected chi connectivity index (χ2v) is 5.70. The second kappa shape index (κ2) is 5.37. The molecule has 1 aromatic heterocycles. The Morgan fingerprint density at radius 1 is 1.40 bits per heavy atom. The van der Waals surface area contributed by atoms with Gasteiger partial charge in [0.25, 0.3) is 0 Å². The molecule has 0 aliphatic heterocycles. The van der Waals surface area contributed by atoms with Gasteiger partial charge in [0.1, 0.15) is 4.99 Å². The molecular weight excluding hydrogens is 307 g/mol. The lowest BCUT2D eigenvalue weighted by atomic mass is 10.1. The minimum atomic E-state index is -4.52. The maximum absolute atomic E-state index is 13.0. The van der Waals surface area contributed by atoms with Crippen molar-refractivity contribution in [2.75, 3.05) is 5.32 Å². The molecule has 3 N–H and O–H groups in total. The number of hydrogen-bond acceptors (Lipinski definition) is 4. The van der Waals surface area contributed by atoms with Crippen LogP contribution in [0.3, 0.4) is 0 Å². The highest BCUT2D eigenvalue weighted by Crippen LogP contribution is 2.34. The van der Waals surface area contributed by atoms with Crippen LogP contribution in [-0.4, -0.2) is 9.97 Å². The molecule has 0 aliphatic carbocycles. The number of thiocarbonyl (C=S) groups is 1. The van der Waals surface area contributed by atoms with Crippen LogP contribution in [0.2, 0.25) is 0 Å². The normalized spacial score (nSPS) is 11.4. The van der Waals surface area contributed by atoms with E-state index in [1.807, 2.05) is 6.92 Å². The second-order valence-electron chi connectivity index (χ2n) is 4.02. The van der Waals surface area contributed by atoms with E-state index >= 15 is 0 Å². The van der Waals surface area contributed by atoms with Crippen molar-refractivity contribution >= 4 is 39.4 Å². The molecule has 3 nitrogen and oxygen atoms in total. The van der Waals surface area contributed by atoms with Gasteiger partial charge in [-0.1, -0.05) is 12.2 Å². The number of halogens is 3. The van der Waals surface area contributed by atoms with Crippen molar-refractivity contribution in [3.05, 3.63) is 40.4 Å². The average molecular weight is 317 g/mol. The van der Waals surface area contributed by atoms with Gasteiger partial charge in [-0.15, -0.1) is 11.3 Å². The minimum Gasteiger partial charge on any atom is -0.389 e. The number of thiazole rings is 1. The van der Waals surface area contributed by atoms with Crippen molar-refractivity contribution in [1.82, 2.24) is 4.98 Å². The van der Waals surface area contributed by atoms with E-state index in [4.69, 9.17) is 5.73 Å². The van der Waals surface area contributed by atoms with Crippen molar-refractivity contribution < 1.29 is 13.2 Å². The highest BCUT2D eigenvalue weighted by atomic mass is 32.1. The molecule has 0 radical (unpaired) electrons. The number of nitrogens with one attached hydrogen (secondary N) is 1. The summed E-state index contributed by atoms with van der Waals surface area (Å²) in [6, 6.07) is 3.72. The topological polar surface area (TPSA) is 50.9 Å². The summed E-state index contributed by atoms with van der Waals surface area (Å²) in [5.74, 6) is 0. The zero-order valence-electron chi connectivity index (χ0n) is 10.3. The van der Waals surface area contributed by atoms with E-state index in [0.717, 1.165) is 10.9 Å². The SMILES string of the molecule is Cc1cnc(Nc2ccc(C(N)=S)c(C(F)(F)F)c2)s1. The Morgan fingerprint density at radius 2 is 2.10 bits per heavy atom. The number of hydrogen-bond donors (Lipinski definition) is 2. The Bertz CT molecular complexity index is 650. The first-order valence-electron chi connectivity index (χ1n) is 5.48. The van der Waals surface area contributed by atoms with Crippen LogP contribution in [0.4, 0.5) is 24.0 Å². The molecule has 0 spiro atoms. The predicted octanol–water partition coefficient (Wildman–Crippen LogP) is 3.85. The molecule has 0 amide bonds. The van der Waals surface area contributed by atoms with Gasteiger partial charge in [0, 0.05) is 22.3 Å². The fourth-order valence-electron chi connectivity index (χ4n) is 1.61. The Labute approximate surface area is 122 Å². The summed E-state index contributed by atoms with van der Waals surface area (Å²) in [5.41, 5.74) is 4.56. The van der Waals surface area contributed by atoms with Crippen molar-refractivity contribution in [3.63, 3.8) is 0 Å². The Morgan fingerprint density at radius 3 is 2.60 bits per heavy atom. The van der Waals surface area contributed by atoms with E-state index < -0.39 is 11.7 Å². The van der Waals surface area contributed by atoms with E-state index in [9.17, 15) is 13.2 Å². The molecule has 2 aromatic rings. The summed E-state index contributed by atoms with van der Waals surface area (Å²) in [6.07, 6.45) is -2.88. The molecule has 1 heterocycles. The number of nitrogens with zero attached hydrogens (tertiary/aromatic N) is 1. The van der Waals surface area contributed by atoms with E-state index in [0.29, 0.717) is 5.13 Å². The predicted molar refractivity (Wildman–Crippen MR) is 77.5 cm³/mol. The summed E-state index contributed by atoms with van der Waals surface area (Å²) >= 11 is 5.99. The Hall–Kier alpha value is -1.67. The first-order valence-corrected chi connectivity index (χ1v) is 6.70. The van der Waals surface area contributed by atoms with Gasteiger partial charge < -0.3 is 11.1 Å². The van der Waals surface area contributed by atoms with Gasteiger partial charge >= 0.3 is 6.18 Å². The van der Waals surface area contributed by atoms with Crippen molar-refractivity contribution in [2.45, 2.75) is 13.1 Å². The lowest BCUT2D eigenvalue weighted by Gasteiger charge is -2.14. The average Bonchev–Trinajstić information content (AvgIpc) is 2.73. The van der Waals surface area contributed by atoms with Gasteiger partial charge in [0.15, 0.2) is 5.13 Å². The molecule has 0 aliphatic rings. The van der Waals surface area contributed by atoms with Gasteiger partial charge in [-0.3, -0.25) is 0 Å². The number of nitrogens with two attached hydrogens (primary N) is 1. The summed E-state index contributed by atoms with van der Waals surface area (Å²) in [4.78, 5) is 4.71. The van der Waals surface area contributed by atoms with E-state index in [1.165, 1.54) is 23.5 Å². The zero-order valence-corrected chi connectivity index (χ0v) is 11.9. The first-order chi connectivity index (χ1) is 9.27. The molecule has 0 unspecified atom stereocenters. The van der Waals surface area contributed by atoms with Gasteiger partial charge in [0.05, 0.1) is 5.56 Å². The summed E-state index contributed by atoms with van der Waals surface area (Å²) < 4.78 is 38.9. The molecule has 0 bridgehead atoms. The Kier molecular flexibility index (Phi) is 3.96. The first kappa shape index (κ1) is 14.7. The quantitative estimate of drug-likeness (QED) is 0.844. The standard InChI is InChI=1S/C12H10F3N3S2/c1-6-5-17-11(20-6)18-7-2-3-8(10(16)19)9(4-7)12(13,14)15/h2-5H,1H3,(H2,16,19)(H,17,18). The third kappa shape index (κ3) is 3.26. The summed E-state index contributed by atoms with van der Waals surface area (Å²) in [5, 5.41) is 3.35. The lowest BCUT2D eigenvalue weighted by molar-refractivity contribution is -0.137. The van der Waals surface area contributed by atoms with Gasteiger partial charge in [0.2, 0.25) is 0 Å². The highest BCUT2D eigenvalue weighted by Gasteiger charge is 2.34. The molecule has 20 heavy (non-hydrogen) atoms. The molecule has 0 saturated carbocycles. The van der Waals surface area contributed by atoms with Crippen LogP contribution in [0, 0.1) is 6.92 Å². The van der Waals surface area contributed by atoms with Crippen LogP contribution in [-0.2, 0) is 6.18 Å². The zero-order chi connectivity index (χ0) is 14.9. The van der Waals surface area contributed by atoms with Crippen molar-refractivity contribution in [2.24, 2.45) is 5.73 Å². The van der Waals surface area contributed by atoms with E-state index in [-0.39, 0.29) is 16.2 Å². The van der Waals surface area contributed by atoms with Crippen LogP contribution in [0.25, 0.3) is 0 Å². The van der Waals surface area contributed by atoms with Crippen molar-refractivity contribution in [1.29, 1.82) is 0 Å². The fraction of sp³-hybridized carbons (Fsp3) is 0.167. The van der Waals surface area contributed by atoms with Gasteiger partial charge in [-0.05, 0) is 25.1 Å². The number of anilines is 2. The minimum absolute atomic E-state index is 0.187. The maximum atomic E-state index is 13.0. The smallest absolute Gasteiger partial charge is 0.389 e. The lowest BCUT2D eigenvalue weighted by Crippen LogP contribution is -2.18. The monoisotopic (exact) mass is 317 g/mol. The van der Waals surface area contributed by atoms with Crippen LogP contribution in [0.15, 0.2) is 24.4 Å². The number of rotatable bonds is 3. The summed E-state index contributed by atoms with van der Waals surface area (Å²) in [6.45, 7) is 1.86. The van der Waals surface area contributed by atoms with E-state index in [1.54, 1.807) is 6.20 Å². The summed E-state index contributed by atoms with van der Waals surface area (Å²) in [7, 11) is 0. The van der Waals surface area contributed by atoms with Crippen LogP contribution >= 0.6 is 23.6 Å². The number of aryl methyl sites for hydroxylation is 1.